The average Bonchev–Trinajstić information content (AvgIpc) is 3.44. The van der Waals surface area contributed by atoms with Gasteiger partial charge in [-0.2, -0.15) is 0 Å². The molecule has 1 saturated carbocycles. The van der Waals surface area contributed by atoms with Crippen molar-refractivity contribution in [1.82, 2.24) is 28.6 Å². The van der Waals surface area contributed by atoms with Crippen molar-refractivity contribution in [1.29, 1.82) is 0 Å². The minimum atomic E-state index is -3.11. The third-order valence-electron chi connectivity index (χ3n) is 8.46. The SMILES string of the molecule is COC[C@H]1CCN1Cc1cc(C(C)(F)F)c2cn(-c3cccc([C@H](c4nncn4C)C4CCC4)c3)c(=O)n2c1. The van der Waals surface area contributed by atoms with Gasteiger partial charge in [-0.25, -0.2) is 13.6 Å². The van der Waals surface area contributed by atoms with Gasteiger partial charge in [0.15, 0.2) is 0 Å². The monoisotopic (exact) mass is 536 g/mol. The first kappa shape index (κ1) is 25.9. The second kappa shape index (κ2) is 9.98. The van der Waals surface area contributed by atoms with Crippen LogP contribution in [0.5, 0.6) is 0 Å². The molecule has 4 aromatic rings. The highest BCUT2D eigenvalue weighted by Crippen LogP contribution is 2.43. The Kier molecular flexibility index (Phi) is 6.63. The normalized spacial score (nSPS) is 19.3. The number of imidazole rings is 1. The summed E-state index contributed by atoms with van der Waals surface area (Å²) in [5.41, 5.74) is 2.05. The zero-order chi connectivity index (χ0) is 27.3. The fraction of sp³-hybridized carbons (Fsp3) is 0.483. The first-order chi connectivity index (χ1) is 18.7. The number of pyridine rings is 1. The van der Waals surface area contributed by atoms with Crippen LogP contribution in [0.1, 0.15) is 61.0 Å². The van der Waals surface area contributed by atoms with Crippen LogP contribution in [0.15, 0.2) is 53.8 Å². The van der Waals surface area contributed by atoms with Gasteiger partial charge in [0.1, 0.15) is 12.2 Å². The summed E-state index contributed by atoms with van der Waals surface area (Å²) >= 11 is 0. The summed E-state index contributed by atoms with van der Waals surface area (Å²) < 4.78 is 39.8. The van der Waals surface area contributed by atoms with Crippen molar-refractivity contribution in [3.63, 3.8) is 0 Å². The Morgan fingerprint density at radius 3 is 2.62 bits per heavy atom. The molecule has 39 heavy (non-hydrogen) atoms. The number of nitrogens with zero attached hydrogens (tertiary/aromatic N) is 6. The molecule has 206 valence electrons. The van der Waals surface area contributed by atoms with Crippen LogP contribution in [0.4, 0.5) is 8.78 Å². The maximum Gasteiger partial charge on any atom is 0.337 e. The van der Waals surface area contributed by atoms with Gasteiger partial charge in [0.25, 0.3) is 5.92 Å². The molecule has 0 amide bonds. The van der Waals surface area contributed by atoms with E-state index in [0.717, 1.165) is 44.1 Å². The first-order valence-electron chi connectivity index (χ1n) is 13.6. The summed E-state index contributed by atoms with van der Waals surface area (Å²) in [6, 6.07) is 9.60. The Morgan fingerprint density at radius 2 is 2.00 bits per heavy atom. The average molecular weight is 537 g/mol. The van der Waals surface area contributed by atoms with E-state index >= 15 is 0 Å². The van der Waals surface area contributed by atoms with Gasteiger partial charge >= 0.3 is 5.69 Å². The summed E-state index contributed by atoms with van der Waals surface area (Å²) in [6.45, 7) is 2.85. The largest absolute Gasteiger partial charge is 0.383 e. The lowest BCUT2D eigenvalue weighted by Gasteiger charge is -2.40. The molecule has 1 aromatic carbocycles. The third kappa shape index (κ3) is 4.69. The number of hydrogen-bond acceptors (Lipinski definition) is 5. The molecule has 2 fully saturated rings. The van der Waals surface area contributed by atoms with Crippen LogP contribution in [0, 0.1) is 5.92 Å². The van der Waals surface area contributed by atoms with Gasteiger partial charge in [-0.15, -0.1) is 10.2 Å². The smallest absolute Gasteiger partial charge is 0.337 e. The number of ether oxygens (including phenoxy) is 1. The number of methoxy groups -OCH3 is 1. The molecule has 1 aliphatic carbocycles. The number of aromatic nitrogens is 5. The van der Waals surface area contributed by atoms with Crippen molar-refractivity contribution in [2.24, 2.45) is 13.0 Å². The molecule has 0 spiro atoms. The standard InChI is InChI=1S/C29H34F2N6O2/c1-29(30,31)24-12-19(14-35-11-10-23(35)17-39-3)15-37-25(24)16-36(28(37)38)22-9-5-8-21(13-22)26(20-6-4-7-20)27-33-32-18-34(27)2/h5,8-9,12-13,15-16,18,20,23,26H,4,6-7,10-11,14,17H2,1-3H3/t23-,26-/m1/s1. The van der Waals surface area contributed by atoms with E-state index in [1.807, 2.05) is 29.8 Å². The van der Waals surface area contributed by atoms with E-state index in [1.165, 1.54) is 21.6 Å². The van der Waals surface area contributed by atoms with Crippen molar-refractivity contribution in [3.8, 4) is 5.69 Å². The Balaban J connectivity index is 1.42. The van der Waals surface area contributed by atoms with E-state index in [0.29, 0.717) is 30.3 Å². The fourth-order valence-corrected chi connectivity index (χ4v) is 6.03. The highest BCUT2D eigenvalue weighted by Gasteiger charge is 2.34. The van der Waals surface area contributed by atoms with Crippen LogP contribution in [0.25, 0.3) is 11.2 Å². The van der Waals surface area contributed by atoms with Gasteiger partial charge in [0.2, 0.25) is 0 Å². The molecular weight excluding hydrogens is 502 g/mol. The number of likely N-dealkylation sites (tertiary alicyclic amines) is 1. The van der Waals surface area contributed by atoms with Crippen LogP contribution in [-0.2, 0) is 24.3 Å². The minimum absolute atomic E-state index is 0.0534. The van der Waals surface area contributed by atoms with E-state index in [9.17, 15) is 13.6 Å². The number of hydrogen-bond donors (Lipinski definition) is 0. The van der Waals surface area contributed by atoms with Gasteiger partial charge in [-0.1, -0.05) is 18.6 Å². The molecule has 6 rings (SSSR count). The lowest BCUT2D eigenvalue weighted by molar-refractivity contribution is 0.0149. The Bertz CT molecular complexity index is 1550. The Hall–Kier alpha value is -3.37. The van der Waals surface area contributed by atoms with Crippen molar-refractivity contribution in [2.45, 2.75) is 57.0 Å². The molecule has 0 radical (unpaired) electrons. The zero-order valence-corrected chi connectivity index (χ0v) is 22.6. The van der Waals surface area contributed by atoms with Gasteiger partial charge in [0, 0.05) is 64.1 Å². The lowest BCUT2D eigenvalue weighted by atomic mass is 9.72. The molecule has 8 nitrogen and oxygen atoms in total. The second-order valence-electron chi connectivity index (χ2n) is 11.1. The molecule has 4 heterocycles. The molecule has 1 saturated heterocycles. The fourth-order valence-electron chi connectivity index (χ4n) is 6.03. The number of aryl methyl sites for hydroxylation is 1. The number of alkyl halides is 2. The van der Waals surface area contributed by atoms with Crippen molar-refractivity contribution >= 4 is 5.52 Å². The molecule has 3 aromatic heterocycles. The third-order valence-corrected chi connectivity index (χ3v) is 8.46. The first-order valence-corrected chi connectivity index (χ1v) is 13.6. The summed E-state index contributed by atoms with van der Waals surface area (Å²) in [6.07, 6.45) is 9.36. The van der Waals surface area contributed by atoms with Gasteiger partial charge in [-0.05, 0) is 54.5 Å². The number of halogens is 2. The second-order valence-corrected chi connectivity index (χ2v) is 11.1. The Morgan fingerprint density at radius 1 is 1.18 bits per heavy atom. The van der Waals surface area contributed by atoms with Crippen molar-refractivity contribution in [3.05, 3.63) is 82.1 Å². The molecular formula is C29H34F2N6O2. The van der Waals surface area contributed by atoms with Gasteiger partial charge in [-0.3, -0.25) is 13.9 Å². The maximum absolute atomic E-state index is 14.9. The van der Waals surface area contributed by atoms with Crippen molar-refractivity contribution in [2.75, 3.05) is 20.3 Å². The molecule has 1 aliphatic heterocycles. The van der Waals surface area contributed by atoms with Crippen LogP contribution in [0.3, 0.4) is 0 Å². The summed E-state index contributed by atoms with van der Waals surface area (Å²) in [4.78, 5) is 15.9. The van der Waals surface area contributed by atoms with Crippen LogP contribution in [-0.4, -0.2) is 54.9 Å². The van der Waals surface area contributed by atoms with Gasteiger partial charge in [0.05, 0.1) is 17.8 Å². The number of fused-ring (bicyclic) bond motifs is 1. The van der Waals surface area contributed by atoms with E-state index in [4.69, 9.17) is 4.74 Å². The summed E-state index contributed by atoms with van der Waals surface area (Å²) in [7, 11) is 3.61. The number of benzene rings is 1. The predicted octanol–water partition coefficient (Wildman–Crippen LogP) is 4.48. The molecule has 2 atom stereocenters. The zero-order valence-electron chi connectivity index (χ0n) is 22.6. The molecule has 2 aliphatic rings. The van der Waals surface area contributed by atoms with E-state index in [2.05, 4.69) is 21.2 Å². The minimum Gasteiger partial charge on any atom is -0.383 e. The maximum atomic E-state index is 14.9. The molecule has 0 N–H and O–H groups in total. The van der Waals surface area contributed by atoms with Crippen LogP contribution < -0.4 is 5.69 Å². The molecule has 10 heteroatoms. The van der Waals surface area contributed by atoms with Crippen LogP contribution in [0.2, 0.25) is 0 Å². The highest BCUT2D eigenvalue weighted by atomic mass is 19.3. The molecule has 0 bridgehead atoms. The molecule has 0 unspecified atom stereocenters. The topological polar surface area (TPSA) is 69.6 Å². The van der Waals surface area contributed by atoms with Crippen molar-refractivity contribution < 1.29 is 13.5 Å². The van der Waals surface area contributed by atoms with E-state index in [-0.39, 0.29) is 28.7 Å². The van der Waals surface area contributed by atoms with E-state index in [1.54, 1.807) is 25.7 Å². The van der Waals surface area contributed by atoms with Gasteiger partial charge < -0.3 is 9.30 Å². The summed E-state index contributed by atoms with van der Waals surface area (Å²) in [5.74, 6) is -1.72. The summed E-state index contributed by atoms with van der Waals surface area (Å²) in [5, 5.41) is 8.49. The van der Waals surface area contributed by atoms with Crippen LogP contribution >= 0.6 is 0 Å². The van der Waals surface area contributed by atoms with E-state index < -0.39 is 5.92 Å². The number of rotatable bonds is 9. The Labute approximate surface area is 225 Å². The predicted molar refractivity (Wildman–Crippen MR) is 143 cm³/mol. The quantitative estimate of drug-likeness (QED) is 0.316. The highest BCUT2D eigenvalue weighted by molar-refractivity contribution is 5.58. The lowest BCUT2D eigenvalue weighted by Crippen LogP contribution is -2.49.